The molecule has 0 radical (unpaired) electrons. The molecule has 0 spiro atoms. The van der Waals surface area contributed by atoms with Crippen molar-refractivity contribution < 1.29 is 19.1 Å². The topological polar surface area (TPSA) is 125 Å². The SMILES string of the molecule is Cc1oc(CNC(=O)CCc2nc3sc(C)c(C)c3c(=O)[nH]2)cc1C(=O)O. The van der Waals surface area contributed by atoms with Crippen LogP contribution in [0.2, 0.25) is 0 Å². The Morgan fingerprint density at radius 3 is 2.74 bits per heavy atom. The fourth-order valence-electron chi connectivity index (χ4n) is 2.77. The predicted octanol–water partition coefficient (Wildman–Crippen LogP) is 2.45. The molecule has 3 N–H and O–H groups in total. The predicted molar refractivity (Wildman–Crippen MR) is 100 cm³/mol. The van der Waals surface area contributed by atoms with Crippen molar-refractivity contribution >= 4 is 33.4 Å². The van der Waals surface area contributed by atoms with Crippen LogP contribution in [0.25, 0.3) is 10.2 Å². The Morgan fingerprint density at radius 2 is 2.07 bits per heavy atom. The first-order valence-corrected chi connectivity index (χ1v) is 9.16. The van der Waals surface area contributed by atoms with Gasteiger partial charge in [-0.15, -0.1) is 11.3 Å². The number of H-pyrrole nitrogens is 1. The highest BCUT2D eigenvalue weighted by atomic mass is 32.1. The van der Waals surface area contributed by atoms with Crippen LogP contribution in [-0.2, 0) is 17.8 Å². The maximum absolute atomic E-state index is 12.2. The molecule has 0 saturated carbocycles. The number of hydrogen-bond donors (Lipinski definition) is 3. The standard InChI is InChI=1S/C18H19N3O5S/c1-8-10(3)27-17-15(8)16(23)20-13(21-17)4-5-14(22)19-7-11-6-12(18(24)25)9(2)26-11/h6H,4-5,7H2,1-3H3,(H,19,22)(H,24,25)(H,20,21,23). The molecule has 0 aliphatic rings. The number of carboxylic acids is 1. The van der Waals surface area contributed by atoms with Gasteiger partial charge in [0.25, 0.3) is 5.56 Å². The van der Waals surface area contributed by atoms with E-state index >= 15 is 0 Å². The number of furan rings is 1. The molecule has 0 aliphatic heterocycles. The number of nitrogens with one attached hydrogen (secondary N) is 2. The second-order valence-corrected chi connectivity index (χ2v) is 7.44. The van der Waals surface area contributed by atoms with Gasteiger partial charge < -0.3 is 19.8 Å². The minimum Gasteiger partial charge on any atom is -0.478 e. The van der Waals surface area contributed by atoms with Gasteiger partial charge in [0.1, 0.15) is 27.7 Å². The molecule has 8 nitrogen and oxygen atoms in total. The van der Waals surface area contributed by atoms with Crippen LogP contribution in [0.15, 0.2) is 15.3 Å². The summed E-state index contributed by atoms with van der Waals surface area (Å²) >= 11 is 1.46. The number of hydrogen-bond acceptors (Lipinski definition) is 6. The summed E-state index contributed by atoms with van der Waals surface area (Å²) in [6.45, 7) is 5.49. The van der Waals surface area contributed by atoms with Crippen molar-refractivity contribution in [1.82, 2.24) is 15.3 Å². The van der Waals surface area contributed by atoms with Crippen LogP contribution in [0.3, 0.4) is 0 Å². The highest BCUT2D eigenvalue weighted by molar-refractivity contribution is 7.18. The monoisotopic (exact) mass is 389 g/mol. The summed E-state index contributed by atoms with van der Waals surface area (Å²) in [5.74, 6) is -0.189. The number of nitrogens with zero attached hydrogens (tertiary/aromatic N) is 1. The van der Waals surface area contributed by atoms with Gasteiger partial charge in [-0.05, 0) is 32.4 Å². The number of carbonyl (C=O) groups is 2. The van der Waals surface area contributed by atoms with Crippen LogP contribution in [-0.4, -0.2) is 27.0 Å². The summed E-state index contributed by atoms with van der Waals surface area (Å²) in [5, 5.41) is 12.3. The summed E-state index contributed by atoms with van der Waals surface area (Å²) in [4.78, 5) is 44.2. The molecule has 3 aromatic heterocycles. The molecule has 0 bridgehead atoms. The summed E-state index contributed by atoms with van der Waals surface area (Å²) in [5.41, 5.74) is 0.822. The van der Waals surface area contributed by atoms with E-state index in [4.69, 9.17) is 9.52 Å². The Labute approximate surface area is 158 Å². The van der Waals surface area contributed by atoms with Gasteiger partial charge >= 0.3 is 5.97 Å². The first kappa shape index (κ1) is 18.8. The van der Waals surface area contributed by atoms with Crippen molar-refractivity contribution in [2.75, 3.05) is 0 Å². The Bertz CT molecular complexity index is 1090. The maximum Gasteiger partial charge on any atom is 0.339 e. The summed E-state index contributed by atoms with van der Waals surface area (Å²) < 4.78 is 5.31. The van der Waals surface area contributed by atoms with E-state index in [1.54, 1.807) is 6.92 Å². The van der Waals surface area contributed by atoms with Gasteiger partial charge in [0.2, 0.25) is 5.91 Å². The second-order valence-electron chi connectivity index (χ2n) is 6.24. The van der Waals surface area contributed by atoms with Crippen molar-refractivity contribution in [2.24, 2.45) is 0 Å². The average Bonchev–Trinajstić information content (AvgIpc) is 3.11. The molecule has 0 atom stereocenters. The fourth-order valence-corrected chi connectivity index (χ4v) is 3.82. The molecule has 0 saturated heterocycles. The molecule has 142 valence electrons. The minimum absolute atomic E-state index is 0.0795. The number of rotatable bonds is 6. The van der Waals surface area contributed by atoms with Crippen LogP contribution in [0.5, 0.6) is 0 Å². The zero-order valence-electron chi connectivity index (χ0n) is 15.1. The Balaban J connectivity index is 1.61. The first-order chi connectivity index (χ1) is 12.8. The lowest BCUT2D eigenvalue weighted by atomic mass is 10.2. The molecular weight excluding hydrogens is 370 g/mol. The smallest absolute Gasteiger partial charge is 0.339 e. The van der Waals surface area contributed by atoms with Gasteiger partial charge in [0, 0.05) is 17.7 Å². The van der Waals surface area contributed by atoms with Crippen LogP contribution >= 0.6 is 11.3 Å². The maximum atomic E-state index is 12.2. The molecule has 3 heterocycles. The van der Waals surface area contributed by atoms with E-state index in [1.807, 2.05) is 13.8 Å². The van der Waals surface area contributed by atoms with Crippen LogP contribution < -0.4 is 10.9 Å². The van der Waals surface area contributed by atoms with E-state index in [0.717, 1.165) is 10.4 Å². The molecule has 9 heteroatoms. The highest BCUT2D eigenvalue weighted by Gasteiger charge is 2.15. The number of aryl methyl sites for hydroxylation is 4. The van der Waals surface area contributed by atoms with E-state index in [-0.39, 0.29) is 30.0 Å². The number of aromatic amines is 1. The third-order valence-electron chi connectivity index (χ3n) is 4.34. The average molecular weight is 389 g/mol. The molecule has 3 aromatic rings. The van der Waals surface area contributed by atoms with Gasteiger partial charge in [-0.3, -0.25) is 9.59 Å². The van der Waals surface area contributed by atoms with E-state index in [2.05, 4.69) is 15.3 Å². The number of fused-ring (bicyclic) bond motifs is 1. The van der Waals surface area contributed by atoms with Crippen molar-refractivity contribution in [1.29, 1.82) is 0 Å². The van der Waals surface area contributed by atoms with Crippen LogP contribution in [0, 0.1) is 20.8 Å². The van der Waals surface area contributed by atoms with Crippen molar-refractivity contribution in [2.45, 2.75) is 40.2 Å². The quantitative estimate of drug-likeness (QED) is 0.595. The normalized spacial score (nSPS) is 11.1. The zero-order chi connectivity index (χ0) is 19.7. The molecule has 27 heavy (non-hydrogen) atoms. The third kappa shape index (κ3) is 3.92. The van der Waals surface area contributed by atoms with Gasteiger partial charge in [-0.2, -0.15) is 0 Å². The van der Waals surface area contributed by atoms with E-state index in [1.165, 1.54) is 17.4 Å². The van der Waals surface area contributed by atoms with Gasteiger partial charge in [-0.1, -0.05) is 0 Å². The van der Waals surface area contributed by atoms with Gasteiger partial charge in [-0.25, -0.2) is 9.78 Å². The minimum atomic E-state index is -1.07. The number of amides is 1. The summed E-state index contributed by atoms with van der Waals surface area (Å²) in [7, 11) is 0. The number of carbonyl (C=O) groups excluding carboxylic acids is 1. The van der Waals surface area contributed by atoms with E-state index in [0.29, 0.717) is 34.0 Å². The van der Waals surface area contributed by atoms with Crippen molar-refractivity contribution in [3.8, 4) is 0 Å². The number of thiophene rings is 1. The molecule has 0 aliphatic carbocycles. The number of carboxylic acid groups (broad SMARTS) is 1. The largest absolute Gasteiger partial charge is 0.478 e. The Hall–Kier alpha value is -2.94. The molecular formula is C18H19N3O5S. The lowest BCUT2D eigenvalue weighted by molar-refractivity contribution is -0.121. The summed E-state index contributed by atoms with van der Waals surface area (Å²) in [6, 6.07) is 1.40. The first-order valence-electron chi connectivity index (χ1n) is 8.34. The zero-order valence-corrected chi connectivity index (χ0v) is 16.0. The fraction of sp³-hybridized carbons (Fsp3) is 0.333. The van der Waals surface area contributed by atoms with Gasteiger partial charge in [0.15, 0.2) is 0 Å². The number of aromatic carboxylic acids is 1. The summed E-state index contributed by atoms with van der Waals surface area (Å²) in [6.07, 6.45) is 0.438. The van der Waals surface area contributed by atoms with E-state index < -0.39 is 5.97 Å². The molecule has 1 amide bonds. The Kier molecular flexibility index (Phi) is 5.13. The van der Waals surface area contributed by atoms with Crippen LogP contribution in [0.1, 0.15) is 44.6 Å². The highest BCUT2D eigenvalue weighted by Crippen LogP contribution is 2.25. The van der Waals surface area contributed by atoms with Crippen molar-refractivity contribution in [3.63, 3.8) is 0 Å². The second kappa shape index (κ2) is 7.36. The van der Waals surface area contributed by atoms with Gasteiger partial charge in [0.05, 0.1) is 11.9 Å². The van der Waals surface area contributed by atoms with Crippen LogP contribution in [0.4, 0.5) is 0 Å². The Morgan fingerprint density at radius 1 is 1.33 bits per heavy atom. The molecule has 0 unspecified atom stereocenters. The number of aromatic nitrogens is 2. The van der Waals surface area contributed by atoms with Crippen molar-refractivity contribution in [3.05, 3.63) is 49.8 Å². The molecule has 0 aromatic carbocycles. The lowest BCUT2D eigenvalue weighted by Crippen LogP contribution is -2.23. The third-order valence-corrected chi connectivity index (χ3v) is 5.44. The van der Waals surface area contributed by atoms with E-state index in [9.17, 15) is 14.4 Å². The lowest BCUT2D eigenvalue weighted by Gasteiger charge is -2.03. The molecule has 3 rings (SSSR count). The molecule has 0 fully saturated rings.